The van der Waals surface area contributed by atoms with E-state index < -0.39 is 8.07 Å². The third-order valence-corrected chi connectivity index (χ3v) is 9.04. The van der Waals surface area contributed by atoms with Crippen LogP contribution in [-0.4, -0.2) is 8.07 Å². The van der Waals surface area contributed by atoms with Crippen molar-refractivity contribution < 1.29 is 0 Å². The van der Waals surface area contributed by atoms with Crippen LogP contribution in [0.15, 0.2) is 103 Å². The molecular weight excluding hydrogens is 440 g/mol. The van der Waals surface area contributed by atoms with Crippen molar-refractivity contribution in [3.8, 4) is 6.07 Å². The Labute approximate surface area is 207 Å². The van der Waals surface area contributed by atoms with E-state index in [2.05, 4.69) is 116 Å². The lowest BCUT2D eigenvalue weighted by molar-refractivity contribution is 1.29. The van der Waals surface area contributed by atoms with Crippen molar-refractivity contribution in [1.29, 1.82) is 5.26 Å². The first-order valence-corrected chi connectivity index (χ1v) is 15.5. The quantitative estimate of drug-likeness (QED) is 0.192. The van der Waals surface area contributed by atoms with Crippen LogP contribution in [0, 0.1) is 11.3 Å². The maximum atomic E-state index is 9.60. The topological polar surface area (TPSA) is 27.0 Å². The Balaban J connectivity index is 1.65. The summed E-state index contributed by atoms with van der Waals surface area (Å²) in [6, 6.07) is 39.1. The Bertz CT molecular complexity index is 1720. The molecule has 0 aliphatic heterocycles. The van der Waals surface area contributed by atoms with Crippen LogP contribution in [-0.2, 0) is 0 Å². The van der Waals surface area contributed by atoms with Crippen molar-refractivity contribution in [2.45, 2.75) is 19.6 Å². The van der Waals surface area contributed by atoms with Crippen LogP contribution in [0.2, 0.25) is 19.6 Å². The normalized spacial score (nSPS) is 11.8. The van der Waals surface area contributed by atoms with Crippen LogP contribution in [0.3, 0.4) is 0 Å². The fourth-order valence-electron chi connectivity index (χ4n) is 5.17. The molecule has 0 saturated carbocycles. The maximum Gasteiger partial charge on any atom is 0.0992 e. The van der Waals surface area contributed by atoms with E-state index in [1.54, 1.807) is 0 Å². The number of nitriles is 1. The van der Waals surface area contributed by atoms with Gasteiger partial charge in [0.15, 0.2) is 0 Å². The van der Waals surface area contributed by atoms with Gasteiger partial charge >= 0.3 is 0 Å². The molecule has 0 heterocycles. The summed E-state index contributed by atoms with van der Waals surface area (Å²) >= 11 is 0. The second-order valence-electron chi connectivity index (χ2n) is 10.2. The first-order valence-electron chi connectivity index (χ1n) is 12.0. The van der Waals surface area contributed by atoms with Gasteiger partial charge in [-0.15, -0.1) is 0 Å². The van der Waals surface area contributed by atoms with E-state index in [-0.39, 0.29) is 0 Å². The third kappa shape index (κ3) is 3.55. The monoisotopic (exact) mass is 466 g/mol. The van der Waals surface area contributed by atoms with Crippen LogP contribution in [0.4, 0.5) is 17.1 Å². The number of rotatable bonds is 4. The van der Waals surface area contributed by atoms with Gasteiger partial charge in [-0.05, 0) is 63.3 Å². The van der Waals surface area contributed by atoms with Gasteiger partial charge in [-0.25, -0.2) is 0 Å². The lowest BCUT2D eigenvalue weighted by Gasteiger charge is -2.28. The molecule has 0 bridgehead atoms. The van der Waals surface area contributed by atoms with Crippen molar-refractivity contribution in [2.24, 2.45) is 0 Å². The Hall–Kier alpha value is -4.13. The van der Waals surface area contributed by atoms with Crippen LogP contribution in [0.5, 0.6) is 0 Å². The fraction of sp³-hybridized carbons (Fsp3) is 0.0938. The Kier molecular flexibility index (Phi) is 4.88. The van der Waals surface area contributed by atoms with Crippen molar-refractivity contribution in [3.05, 3.63) is 109 Å². The molecular formula is C32H26N2Si. The largest absolute Gasteiger partial charge is 0.310 e. The van der Waals surface area contributed by atoms with E-state index in [1.807, 2.05) is 18.2 Å². The molecule has 35 heavy (non-hydrogen) atoms. The summed E-state index contributed by atoms with van der Waals surface area (Å²) in [6.07, 6.45) is 0. The van der Waals surface area contributed by atoms with E-state index >= 15 is 0 Å². The number of anilines is 3. The van der Waals surface area contributed by atoms with Crippen LogP contribution < -0.4 is 10.1 Å². The van der Waals surface area contributed by atoms with Crippen LogP contribution in [0.1, 0.15) is 5.56 Å². The molecule has 0 radical (unpaired) electrons. The molecule has 6 aromatic rings. The van der Waals surface area contributed by atoms with Gasteiger partial charge in [0.1, 0.15) is 0 Å². The molecule has 0 fully saturated rings. The summed E-state index contributed by atoms with van der Waals surface area (Å²) in [5.41, 5.74) is 3.85. The Morgan fingerprint density at radius 3 is 1.94 bits per heavy atom. The minimum Gasteiger partial charge on any atom is -0.310 e. The fourth-order valence-corrected chi connectivity index (χ4v) is 6.33. The number of hydrogen-bond acceptors (Lipinski definition) is 2. The zero-order chi connectivity index (χ0) is 24.2. The Morgan fingerprint density at radius 1 is 0.629 bits per heavy atom. The molecule has 6 aromatic carbocycles. The number of nitrogens with zero attached hydrogens (tertiary/aromatic N) is 2. The predicted molar refractivity (Wildman–Crippen MR) is 153 cm³/mol. The maximum absolute atomic E-state index is 9.60. The minimum atomic E-state index is -1.41. The molecule has 0 aliphatic rings. The van der Waals surface area contributed by atoms with E-state index in [9.17, 15) is 5.26 Å². The molecule has 168 valence electrons. The van der Waals surface area contributed by atoms with Gasteiger partial charge in [-0.3, -0.25) is 0 Å². The standard InChI is InChI=1S/C32H26N2Si/c1-35(2,3)28-16-14-26(15-17-28)34(27-9-4-6-22(20-27)21-33)30-19-13-25-11-10-23-7-5-8-24-12-18-29(30)32(25)31(23)24/h4-20H,1-3H3. The van der Waals surface area contributed by atoms with Gasteiger partial charge in [0, 0.05) is 16.8 Å². The molecule has 0 saturated heterocycles. The summed E-state index contributed by atoms with van der Waals surface area (Å²) in [6.45, 7) is 7.12. The van der Waals surface area contributed by atoms with Gasteiger partial charge in [0.2, 0.25) is 0 Å². The SMILES string of the molecule is C[Si](C)(C)c1ccc(N(c2cccc(C#N)c2)c2ccc3ccc4cccc5ccc2c3c45)cc1. The number of hydrogen-bond donors (Lipinski definition) is 0. The average Bonchev–Trinajstić information content (AvgIpc) is 2.88. The molecule has 3 heteroatoms. The smallest absolute Gasteiger partial charge is 0.0992 e. The second kappa shape index (κ2) is 7.97. The zero-order valence-electron chi connectivity index (χ0n) is 20.2. The molecule has 0 atom stereocenters. The second-order valence-corrected chi connectivity index (χ2v) is 15.3. The van der Waals surface area contributed by atoms with Crippen molar-refractivity contribution in [1.82, 2.24) is 0 Å². The first kappa shape index (κ1) is 21.4. The van der Waals surface area contributed by atoms with Crippen LogP contribution >= 0.6 is 0 Å². The van der Waals surface area contributed by atoms with Gasteiger partial charge in [0.25, 0.3) is 0 Å². The molecule has 0 unspecified atom stereocenters. The first-order chi connectivity index (χ1) is 16.9. The molecule has 0 aromatic heterocycles. The van der Waals surface area contributed by atoms with Crippen LogP contribution in [0.25, 0.3) is 32.3 Å². The highest BCUT2D eigenvalue weighted by Gasteiger charge is 2.20. The van der Waals surface area contributed by atoms with Crippen molar-refractivity contribution in [3.63, 3.8) is 0 Å². The lowest BCUT2D eigenvalue weighted by Crippen LogP contribution is -2.37. The van der Waals surface area contributed by atoms with E-state index in [4.69, 9.17) is 0 Å². The minimum absolute atomic E-state index is 0.656. The molecule has 0 N–H and O–H groups in total. The third-order valence-electron chi connectivity index (χ3n) is 6.97. The van der Waals surface area contributed by atoms with Gasteiger partial charge < -0.3 is 4.90 Å². The van der Waals surface area contributed by atoms with E-state index in [0.29, 0.717) is 5.56 Å². The summed E-state index contributed by atoms with van der Waals surface area (Å²) in [5, 5.41) is 18.6. The highest BCUT2D eigenvalue weighted by molar-refractivity contribution is 6.88. The molecule has 0 amide bonds. The zero-order valence-corrected chi connectivity index (χ0v) is 21.2. The van der Waals surface area contributed by atoms with E-state index in [1.165, 1.54) is 37.5 Å². The highest BCUT2D eigenvalue weighted by Crippen LogP contribution is 2.43. The van der Waals surface area contributed by atoms with Crippen molar-refractivity contribution in [2.75, 3.05) is 4.90 Å². The predicted octanol–water partition coefficient (Wildman–Crippen LogP) is 8.47. The highest BCUT2D eigenvalue weighted by atomic mass is 28.3. The summed E-state index contributed by atoms with van der Waals surface area (Å²) in [5.74, 6) is 0. The van der Waals surface area contributed by atoms with Gasteiger partial charge in [-0.1, -0.05) is 91.6 Å². The molecule has 2 nitrogen and oxygen atoms in total. The van der Waals surface area contributed by atoms with Gasteiger partial charge in [0.05, 0.1) is 25.4 Å². The van der Waals surface area contributed by atoms with E-state index in [0.717, 1.165) is 17.1 Å². The molecule has 0 aliphatic carbocycles. The lowest BCUT2D eigenvalue weighted by atomic mass is 9.93. The summed E-state index contributed by atoms with van der Waals surface area (Å²) < 4.78 is 0. The van der Waals surface area contributed by atoms with Gasteiger partial charge in [-0.2, -0.15) is 5.26 Å². The average molecular weight is 467 g/mol. The molecule has 6 rings (SSSR count). The summed E-state index contributed by atoms with van der Waals surface area (Å²) in [4.78, 5) is 2.29. The Morgan fingerprint density at radius 2 is 1.26 bits per heavy atom. The summed E-state index contributed by atoms with van der Waals surface area (Å²) in [7, 11) is -1.41. The van der Waals surface area contributed by atoms with Crippen molar-refractivity contribution >= 4 is 62.6 Å². The molecule has 0 spiro atoms. The number of benzene rings is 6.